The van der Waals surface area contributed by atoms with Crippen LogP contribution in [0, 0.1) is 0 Å². The SMILES string of the molecule is CC(C)N(CCCC(=O)O)C(=O)N1CCSC(C)(C)CC1. The smallest absolute Gasteiger partial charge is 0.320 e. The molecule has 1 rings (SSSR count). The highest BCUT2D eigenvalue weighted by Crippen LogP contribution is 2.31. The van der Waals surface area contributed by atoms with Gasteiger partial charge >= 0.3 is 12.0 Å². The van der Waals surface area contributed by atoms with Crippen LogP contribution in [0.25, 0.3) is 0 Å². The number of thioether (sulfide) groups is 1. The van der Waals surface area contributed by atoms with Gasteiger partial charge in [-0.3, -0.25) is 4.79 Å². The maximum atomic E-state index is 12.7. The van der Waals surface area contributed by atoms with E-state index in [2.05, 4.69) is 13.8 Å². The molecule has 0 atom stereocenters. The van der Waals surface area contributed by atoms with Crippen LogP contribution in [0.3, 0.4) is 0 Å². The first-order chi connectivity index (χ1) is 9.73. The van der Waals surface area contributed by atoms with Crippen molar-refractivity contribution in [1.82, 2.24) is 9.80 Å². The Labute approximate surface area is 132 Å². The summed E-state index contributed by atoms with van der Waals surface area (Å²) in [7, 11) is 0. The minimum absolute atomic E-state index is 0.0497. The zero-order chi connectivity index (χ0) is 16.0. The molecule has 1 heterocycles. The van der Waals surface area contributed by atoms with E-state index in [0.717, 1.165) is 25.3 Å². The fraction of sp³-hybridized carbons (Fsp3) is 0.867. The third-order valence-electron chi connectivity index (χ3n) is 3.77. The fourth-order valence-electron chi connectivity index (χ4n) is 2.37. The number of carbonyl (C=O) groups excluding carboxylic acids is 1. The predicted molar refractivity (Wildman–Crippen MR) is 86.8 cm³/mol. The van der Waals surface area contributed by atoms with Gasteiger partial charge in [0.2, 0.25) is 0 Å². The largest absolute Gasteiger partial charge is 0.481 e. The van der Waals surface area contributed by atoms with Gasteiger partial charge in [0.25, 0.3) is 0 Å². The number of carboxylic acids is 1. The lowest BCUT2D eigenvalue weighted by Gasteiger charge is -2.33. The molecular weight excluding hydrogens is 288 g/mol. The van der Waals surface area contributed by atoms with Gasteiger partial charge in [0, 0.05) is 42.6 Å². The van der Waals surface area contributed by atoms with Gasteiger partial charge in [0.1, 0.15) is 0 Å². The van der Waals surface area contributed by atoms with Crippen LogP contribution >= 0.6 is 11.8 Å². The Morgan fingerprint density at radius 1 is 1.33 bits per heavy atom. The molecule has 6 heteroatoms. The van der Waals surface area contributed by atoms with E-state index in [0.29, 0.717) is 13.0 Å². The van der Waals surface area contributed by atoms with E-state index in [4.69, 9.17) is 5.11 Å². The minimum Gasteiger partial charge on any atom is -0.481 e. The second-order valence-electron chi connectivity index (χ2n) is 6.41. The van der Waals surface area contributed by atoms with Crippen LogP contribution in [0.5, 0.6) is 0 Å². The second-order valence-corrected chi connectivity index (χ2v) is 8.21. The average Bonchev–Trinajstić information content (AvgIpc) is 2.54. The van der Waals surface area contributed by atoms with Crippen molar-refractivity contribution >= 4 is 23.8 Å². The Balaban J connectivity index is 2.61. The quantitative estimate of drug-likeness (QED) is 0.847. The highest BCUT2D eigenvalue weighted by molar-refractivity contribution is 8.00. The number of urea groups is 1. The molecule has 1 saturated heterocycles. The van der Waals surface area contributed by atoms with E-state index in [1.165, 1.54) is 0 Å². The van der Waals surface area contributed by atoms with E-state index in [9.17, 15) is 9.59 Å². The maximum absolute atomic E-state index is 12.7. The molecule has 0 unspecified atom stereocenters. The molecule has 0 aromatic rings. The topological polar surface area (TPSA) is 60.9 Å². The molecule has 0 aliphatic carbocycles. The van der Waals surface area contributed by atoms with Crippen molar-refractivity contribution in [3.8, 4) is 0 Å². The van der Waals surface area contributed by atoms with Gasteiger partial charge in [-0.1, -0.05) is 13.8 Å². The lowest BCUT2D eigenvalue weighted by atomic mass is 10.1. The number of hydrogen-bond donors (Lipinski definition) is 1. The normalized spacial score (nSPS) is 18.4. The summed E-state index contributed by atoms with van der Waals surface area (Å²) in [5.41, 5.74) is 0. The molecule has 1 aliphatic rings. The van der Waals surface area contributed by atoms with Crippen LogP contribution in [-0.2, 0) is 4.79 Å². The predicted octanol–water partition coefficient (Wildman–Crippen LogP) is 2.90. The summed E-state index contributed by atoms with van der Waals surface area (Å²) in [5.74, 6) is 0.152. The third kappa shape index (κ3) is 6.16. The zero-order valence-electron chi connectivity index (χ0n) is 13.6. The Kier molecular flexibility index (Phi) is 6.84. The van der Waals surface area contributed by atoms with Gasteiger partial charge in [-0.05, 0) is 26.7 Å². The third-order valence-corrected chi connectivity index (χ3v) is 5.14. The average molecular weight is 316 g/mol. The van der Waals surface area contributed by atoms with E-state index in [-0.39, 0.29) is 23.2 Å². The van der Waals surface area contributed by atoms with E-state index >= 15 is 0 Å². The van der Waals surface area contributed by atoms with E-state index in [1.807, 2.05) is 30.5 Å². The first-order valence-corrected chi connectivity index (χ1v) is 8.63. The molecule has 21 heavy (non-hydrogen) atoms. The molecule has 0 bridgehead atoms. The van der Waals surface area contributed by atoms with Gasteiger partial charge < -0.3 is 14.9 Å². The number of aliphatic carboxylic acids is 1. The second kappa shape index (κ2) is 7.92. The van der Waals surface area contributed by atoms with Crippen LogP contribution in [-0.4, -0.2) is 63.1 Å². The van der Waals surface area contributed by atoms with Gasteiger partial charge in [-0.15, -0.1) is 0 Å². The molecule has 122 valence electrons. The molecule has 0 radical (unpaired) electrons. The van der Waals surface area contributed by atoms with E-state index in [1.54, 1.807) is 4.90 Å². The fourth-order valence-corrected chi connectivity index (χ4v) is 3.47. The number of nitrogens with zero attached hydrogens (tertiary/aromatic N) is 2. The maximum Gasteiger partial charge on any atom is 0.320 e. The summed E-state index contributed by atoms with van der Waals surface area (Å²) >= 11 is 1.91. The van der Waals surface area contributed by atoms with Gasteiger partial charge in [0.15, 0.2) is 0 Å². The summed E-state index contributed by atoms with van der Waals surface area (Å²) < 4.78 is 0.223. The molecule has 0 spiro atoms. The number of hydrogen-bond acceptors (Lipinski definition) is 3. The van der Waals surface area contributed by atoms with Gasteiger partial charge in [-0.2, -0.15) is 11.8 Å². The number of carboxylic acid groups (broad SMARTS) is 1. The lowest BCUT2D eigenvalue weighted by molar-refractivity contribution is -0.137. The molecule has 1 N–H and O–H groups in total. The van der Waals surface area contributed by atoms with Crippen molar-refractivity contribution in [2.45, 2.75) is 57.7 Å². The monoisotopic (exact) mass is 316 g/mol. The van der Waals surface area contributed by atoms with Crippen molar-refractivity contribution < 1.29 is 14.7 Å². The molecular formula is C15H28N2O3S. The Hall–Kier alpha value is -0.910. The van der Waals surface area contributed by atoms with Gasteiger partial charge in [-0.25, -0.2) is 4.79 Å². The van der Waals surface area contributed by atoms with Gasteiger partial charge in [0.05, 0.1) is 0 Å². The summed E-state index contributed by atoms with van der Waals surface area (Å²) in [4.78, 5) is 27.0. The van der Waals surface area contributed by atoms with Crippen molar-refractivity contribution in [3.63, 3.8) is 0 Å². The van der Waals surface area contributed by atoms with Crippen LogP contribution in [0.15, 0.2) is 0 Å². The van der Waals surface area contributed by atoms with Crippen LogP contribution in [0.2, 0.25) is 0 Å². The van der Waals surface area contributed by atoms with Crippen molar-refractivity contribution in [2.24, 2.45) is 0 Å². The molecule has 0 aromatic heterocycles. The Bertz CT molecular complexity index is 372. The van der Waals surface area contributed by atoms with Crippen molar-refractivity contribution in [2.75, 3.05) is 25.4 Å². The highest BCUT2D eigenvalue weighted by atomic mass is 32.2. The Morgan fingerprint density at radius 2 is 2.00 bits per heavy atom. The van der Waals surface area contributed by atoms with E-state index < -0.39 is 5.97 Å². The first kappa shape index (κ1) is 18.1. The first-order valence-electron chi connectivity index (χ1n) is 7.64. The summed E-state index contributed by atoms with van der Waals surface area (Å²) in [5, 5.41) is 8.73. The van der Waals surface area contributed by atoms with Crippen LogP contribution in [0.1, 0.15) is 47.0 Å². The standard InChI is InChI=1S/C15H28N2O3S/c1-12(2)17(8-5-6-13(18)19)14(20)16-9-7-15(3,4)21-11-10-16/h12H,5-11H2,1-4H3,(H,18,19). The number of amides is 2. The van der Waals surface area contributed by atoms with Crippen LogP contribution < -0.4 is 0 Å². The van der Waals surface area contributed by atoms with Crippen molar-refractivity contribution in [1.29, 1.82) is 0 Å². The minimum atomic E-state index is -0.806. The molecule has 1 fully saturated rings. The Morgan fingerprint density at radius 3 is 2.57 bits per heavy atom. The number of rotatable bonds is 5. The molecule has 0 saturated carbocycles. The van der Waals surface area contributed by atoms with Crippen LogP contribution in [0.4, 0.5) is 4.79 Å². The molecule has 5 nitrogen and oxygen atoms in total. The molecule has 1 aliphatic heterocycles. The summed E-state index contributed by atoms with van der Waals surface area (Å²) in [6.45, 7) is 10.5. The summed E-state index contributed by atoms with van der Waals surface area (Å²) in [6, 6.07) is 0.143. The zero-order valence-corrected chi connectivity index (χ0v) is 14.4. The van der Waals surface area contributed by atoms with Crippen molar-refractivity contribution in [3.05, 3.63) is 0 Å². The molecule has 2 amide bonds. The summed E-state index contributed by atoms with van der Waals surface area (Å²) in [6.07, 6.45) is 1.61. The highest BCUT2D eigenvalue weighted by Gasteiger charge is 2.29. The number of carbonyl (C=O) groups is 2. The molecule has 0 aromatic carbocycles. The lowest BCUT2D eigenvalue weighted by Crippen LogP contribution is -2.47.